The van der Waals surface area contributed by atoms with Gasteiger partial charge in [-0.2, -0.15) is 0 Å². The van der Waals surface area contributed by atoms with Crippen LogP contribution in [0.2, 0.25) is 0 Å². The van der Waals surface area contributed by atoms with Gasteiger partial charge in [-0.3, -0.25) is 4.79 Å². The Bertz CT molecular complexity index is 546. The molecule has 2 rings (SSSR count). The molecule has 0 bridgehead atoms. The van der Waals surface area contributed by atoms with Crippen molar-refractivity contribution < 1.29 is 4.79 Å². The lowest BCUT2D eigenvalue weighted by molar-refractivity contribution is 0.0999. The largest absolute Gasteiger partial charge is 0.366 e. The van der Waals surface area contributed by atoms with Crippen molar-refractivity contribution >= 4 is 5.91 Å². The van der Waals surface area contributed by atoms with Gasteiger partial charge in [0.2, 0.25) is 5.91 Å². The average molecular weight is 239 g/mol. The lowest BCUT2D eigenvalue weighted by Gasteiger charge is -2.08. The number of carbonyl (C=O) groups excluding carboxylic acids is 1. The molecule has 0 saturated carbocycles. The number of rotatable bonds is 4. The first-order chi connectivity index (χ1) is 8.66. The third kappa shape index (κ3) is 2.98. The van der Waals surface area contributed by atoms with Crippen molar-refractivity contribution in [1.82, 2.24) is 0 Å². The summed E-state index contributed by atoms with van der Waals surface area (Å²) < 4.78 is 0. The predicted octanol–water partition coefficient (Wildman–Crippen LogP) is 2.88. The number of carbonyl (C=O) groups is 1. The van der Waals surface area contributed by atoms with Crippen LogP contribution in [-0.2, 0) is 12.8 Å². The van der Waals surface area contributed by atoms with Gasteiger partial charge in [0.1, 0.15) is 0 Å². The van der Waals surface area contributed by atoms with Crippen LogP contribution in [0.15, 0.2) is 48.5 Å². The van der Waals surface area contributed by atoms with Crippen molar-refractivity contribution in [1.29, 1.82) is 0 Å². The Kier molecular flexibility index (Phi) is 3.78. The van der Waals surface area contributed by atoms with E-state index >= 15 is 0 Å². The fraction of sp³-hybridized carbons (Fsp3) is 0.188. The summed E-state index contributed by atoms with van der Waals surface area (Å²) in [5.41, 5.74) is 9.49. The molecule has 0 aliphatic rings. The Labute approximate surface area is 107 Å². The number of hydrogen-bond donors (Lipinski definition) is 1. The lowest BCUT2D eigenvalue weighted by atomic mass is 9.97. The predicted molar refractivity (Wildman–Crippen MR) is 73.5 cm³/mol. The number of hydrogen-bond acceptors (Lipinski definition) is 1. The first kappa shape index (κ1) is 12.4. The molecule has 2 aromatic carbocycles. The summed E-state index contributed by atoms with van der Waals surface area (Å²) in [4.78, 5) is 11.4. The third-order valence-corrected chi connectivity index (χ3v) is 3.05. The quantitative estimate of drug-likeness (QED) is 0.876. The Balaban J connectivity index is 2.18. The second-order valence-electron chi connectivity index (χ2n) is 4.51. The molecule has 2 heteroatoms. The van der Waals surface area contributed by atoms with Crippen LogP contribution in [-0.4, -0.2) is 5.91 Å². The van der Waals surface area contributed by atoms with E-state index in [9.17, 15) is 4.79 Å². The van der Waals surface area contributed by atoms with E-state index in [1.165, 1.54) is 5.56 Å². The molecule has 92 valence electrons. The standard InChI is InChI=1S/C16H17NO/c1-12-7-10-15(16(17)18)14(11-12)9-8-13-5-3-2-4-6-13/h2-7,10-11H,8-9H2,1H3,(H2,17,18). The van der Waals surface area contributed by atoms with Crippen molar-refractivity contribution in [3.05, 3.63) is 70.8 Å². The van der Waals surface area contributed by atoms with Gasteiger partial charge >= 0.3 is 0 Å². The molecule has 0 radical (unpaired) electrons. The summed E-state index contributed by atoms with van der Waals surface area (Å²) in [6.07, 6.45) is 1.76. The van der Waals surface area contributed by atoms with Crippen LogP contribution in [0.5, 0.6) is 0 Å². The van der Waals surface area contributed by atoms with E-state index in [1.54, 1.807) is 0 Å². The summed E-state index contributed by atoms with van der Waals surface area (Å²) in [7, 11) is 0. The van der Waals surface area contributed by atoms with Crippen LogP contribution in [0, 0.1) is 6.92 Å². The van der Waals surface area contributed by atoms with E-state index in [-0.39, 0.29) is 5.91 Å². The molecular formula is C16H17NO. The molecule has 0 spiro atoms. The fourth-order valence-electron chi connectivity index (χ4n) is 2.09. The molecule has 2 nitrogen and oxygen atoms in total. The van der Waals surface area contributed by atoms with Gasteiger partial charge in [-0.25, -0.2) is 0 Å². The number of amides is 1. The topological polar surface area (TPSA) is 43.1 Å². The number of aryl methyl sites for hydroxylation is 3. The van der Waals surface area contributed by atoms with Crippen molar-refractivity contribution in [2.24, 2.45) is 5.73 Å². The minimum absolute atomic E-state index is 0.349. The van der Waals surface area contributed by atoms with Crippen LogP contribution < -0.4 is 5.73 Å². The van der Waals surface area contributed by atoms with E-state index in [0.717, 1.165) is 24.0 Å². The minimum atomic E-state index is -0.349. The summed E-state index contributed by atoms with van der Waals surface area (Å²) >= 11 is 0. The molecule has 0 aliphatic heterocycles. The van der Waals surface area contributed by atoms with E-state index < -0.39 is 0 Å². The maximum Gasteiger partial charge on any atom is 0.248 e. The Hall–Kier alpha value is -2.09. The summed E-state index contributed by atoms with van der Waals surface area (Å²) in [5.74, 6) is -0.349. The van der Waals surface area contributed by atoms with Crippen LogP contribution in [0.4, 0.5) is 0 Å². The Morgan fingerprint density at radius 3 is 2.44 bits per heavy atom. The fourth-order valence-corrected chi connectivity index (χ4v) is 2.09. The third-order valence-electron chi connectivity index (χ3n) is 3.05. The molecule has 0 saturated heterocycles. The van der Waals surface area contributed by atoms with E-state index in [0.29, 0.717) is 5.56 Å². The van der Waals surface area contributed by atoms with Gasteiger partial charge in [0, 0.05) is 5.56 Å². The molecule has 2 aromatic rings. The zero-order chi connectivity index (χ0) is 13.0. The van der Waals surface area contributed by atoms with E-state index in [4.69, 9.17) is 5.73 Å². The smallest absolute Gasteiger partial charge is 0.248 e. The maximum atomic E-state index is 11.4. The number of benzene rings is 2. The normalized spacial score (nSPS) is 10.3. The van der Waals surface area contributed by atoms with Crippen molar-refractivity contribution in [2.45, 2.75) is 19.8 Å². The highest BCUT2D eigenvalue weighted by Crippen LogP contribution is 2.14. The number of nitrogens with two attached hydrogens (primary N) is 1. The van der Waals surface area contributed by atoms with Gasteiger partial charge in [-0.15, -0.1) is 0 Å². The SMILES string of the molecule is Cc1ccc(C(N)=O)c(CCc2ccccc2)c1. The van der Waals surface area contributed by atoms with Crippen molar-refractivity contribution in [2.75, 3.05) is 0 Å². The van der Waals surface area contributed by atoms with Gasteiger partial charge in [-0.1, -0.05) is 48.0 Å². The zero-order valence-electron chi connectivity index (χ0n) is 10.5. The second-order valence-corrected chi connectivity index (χ2v) is 4.51. The molecule has 0 aliphatic carbocycles. The van der Waals surface area contributed by atoms with Gasteiger partial charge in [0.15, 0.2) is 0 Å². The minimum Gasteiger partial charge on any atom is -0.366 e. The van der Waals surface area contributed by atoms with Crippen LogP contribution in [0.1, 0.15) is 27.0 Å². The Morgan fingerprint density at radius 2 is 1.78 bits per heavy atom. The van der Waals surface area contributed by atoms with E-state index in [2.05, 4.69) is 12.1 Å². The highest BCUT2D eigenvalue weighted by Gasteiger charge is 2.08. The van der Waals surface area contributed by atoms with Gasteiger partial charge in [0.05, 0.1) is 0 Å². The summed E-state index contributed by atoms with van der Waals surface area (Å²) in [5, 5.41) is 0. The van der Waals surface area contributed by atoms with Crippen LogP contribution in [0.3, 0.4) is 0 Å². The van der Waals surface area contributed by atoms with Gasteiger partial charge < -0.3 is 5.73 Å². The number of primary amides is 1. The molecule has 0 fully saturated rings. The molecule has 0 heterocycles. The average Bonchev–Trinajstić information content (AvgIpc) is 2.37. The van der Waals surface area contributed by atoms with Crippen LogP contribution in [0.25, 0.3) is 0 Å². The second kappa shape index (κ2) is 5.50. The first-order valence-electron chi connectivity index (χ1n) is 6.10. The molecule has 0 atom stereocenters. The zero-order valence-corrected chi connectivity index (χ0v) is 10.5. The molecule has 18 heavy (non-hydrogen) atoms. The highest BCUT2D eigenvalue weighted by atomic mass is 16.1. The molecule has 0 unspecified atom stereocenters. The maximum absolute atomic E-state index is 11.4. The first-order valence-corrected chi connectivity index (χ1v) is 6.10. The van der Waals surface area contributed by atoms with Gasteiger partial charge in [0.25, 0.3) is 0 Å². The Morgan fingerprint density at radius 1 is 1.06 bits per heavy atom. The molecular weight excluding hydrogens is 222 g/mol. The molecule has 0 aromatic heterocycles. The monoisotopic (exact) mass is 239 g/mol. The summed E-state index contributed by atoms with van der Waals surface area (Å²) in [6.45, 7) is 2.02. The van der Waals surface area contributed by atoms with Crippen molar-refractivity contribution in [3.63, 3.8) is 0 Å². The van der Waals surface area contributed by atoms with Gasteiger partial charge in [-0.05, 0) is 37.0 Å². The summed E-state index contributed by atoms with van der Waals surface area (Å²) in [6, 6.07) is 16.0. The van der Waals surface area contributed by atoms with Crippen LogP contribution >= 0.6 is 0 Å². The van der Waals surface area contributed by atoms with E-state index in [1.807, 2.05) is 43.3 Å². The highest BCUT2D eigenvalue weighted by molar-refractivity contribution is 5.94. The lowest BCUT2D eigenvalue weighted by Crippen LogP contribution is -2.14. The molecule has 1 amide bonds. The molecule has 2 N–H and O–H groups in total. The van der Waals surface area contributed by atoms with Crippen molar-refractivity contribution in [3.8, 4) is 0 Å².